The highest BCUT2D eigenvalue weighted by Gasteiger charge is 2.19. The van der Waals surface area contributed by atoms with Gasteiger partial charge in [-0.3, -0.25) is 9.59 Å². The zero-order chi connectivity index (χ0) is 23.5. The number of rotatable bonds is 6. The zero-order valence-corrected chi connectivity index (χ0v) is 19.7. The summed E-state index contributed by atoms with van der Waals surface area (Å²) in [5.41, 5.74) is 4.16. The molecule has 0 fully saturated rings. The van der Waals surface area contributed by atoms with E-state index in [-0.39, 0.29) is 39.5 Å². The largest absolute Gasteiger partial charge is 0.465 e. The monoisotopic (exact) mass is 466 g/mol. The van der Waals surface area contributed by atoms with Crippen LogP contribution in [0.25, 0.3) is 11.0 Å². The highest BCUT2D eigenvalue weighted by molar-refractivity contribution is 7.99. The van der Waals surface area contributed by atoms with Gasteiger partial charge in [0.25, 0.3) is 5.56 Å². The van der Waals surface area contributed by atoms with Gasteiger partial charge in [0, 0.05) is 5.69 Å². The van der Waals surface area contributed by atoms with Gasteiger partial charge in [-0.25, -0.2) is 14.8 Å². The van der Waals surface area contributed by atoms with Gasteiger partial charge in [0.05, 0.1) is 29.9 Å². The third-order valence-electron chi connectivity index (χ3n) is 5.78. The molecule has 0 radical (unpaired) electrons. The summed E-state index contributed by atoms with van der Waals surface area (Å²) in [5.74, 6) is -0.714. The number of esters is 1. The molecular weight excluding hydrogens is 440 g/mol. The molecule has 33 heavy (non-hydrogen) atoms. The summed E-state index contributed by atoms with van der Waals surface area (Å²) in [6.07, 6.45) is 4.66. The first-order valence-corrected chi connectivity index (χ1v) is 11.9. The van der Waals surface area contributed by atoms with Crippen LogP contribution in [-0.2, 0) is 22.4 Å². The third kappa shape index (κ3) is 5.08. The Morgan fingerprint density at radius 2 is 1.94 bits per heavy atom. The first-order chi connectivity index (χ1) is 15.9. The number of amides is 1. The van der Waals surface area contributed by atoms with Crippen LogP contribution in [0.4, 0.5) is 0 Å². The molecule has 0 aliphatic heterocycles. The summed E-state index contributed by atoms with van der Waals surface area (Å²) >= 11 is 1.11. The quantitative estimate of drug-likeness (QED) is 0.326. The van der Waals surface area contributed by atoms with E-state index < -0.39 is 11.5 Å². The second-order valence-electron chi connectivity index (χ2n) is 8.19. The van der Waals surface area contributed by atoms with Crippen LogP contribution < -0.4 is 10.9 Å². The molecule has 1 aliphatic carbocycles. The number of aryl methyl sites for hydroxylation is 3. The number of nitrogens with one attached hydrogen (secondary N) is 2. The highest BCUT2D eigenvalue weighted by Crippen LogP contribution is 2.25. The number of hydrogen-bond donors (Lipinski definition) is 2. The number of aromatic nitrogens is 3. The van der Waals surface area contributed by atoms with E-state index in [0.717, 1.165) is 30.2 Å². The summed E-state index contributed by atoms with van der Waals surface area (Å²) < 4.78 is 4.76. The minimum Gasteiger partial charge on any atom is -0.465 e. The molecule has 0 saturated heterocycles. The number of carbonyl (C=O) groups excluding carboxylic acids is 2. The third-order valence-corrected chi connectivity index (χ3v) is 6.65. The lowest BCUT2D eigenvalue weighted by molar-refractivity contribution is -0.119. The number of fused-ring (bicyclic) bond motifs is 2. The summed E-state index contributed by atoms with van der Waals surface area (Å²) in [6, 6.07) is 7.82. The molecule has 4 rings (SSSR count). The number of aromatic amines is 1. The number of benzene rings is 1. The average Bonchev–Trinajstić information content (AvgIpc) is 2.81. The fraction of sp³-hybridized carbons (Fsp3) is 0.375. The number of hydrogen-bond acceptors (Lipinski definition) is 7. The van der Waals surface area contributed by atoms with E-state index >= 15 is 0 Å². The van der Waals surface area contributed by atoms with Crippen molar-refractivity contribution in [3.63, 3.8) is 0 Å². The number of H-pyrrole nitrogens is 1. The molecule has 1 atom stereocenters. The van der Waals surface area contributed by atoms with E-state index in [0.29, 0.717) is 5.69 Å². The molecule has 0 saturated carbocycles. The van der Waals surface area contributed by atoms with Crippen LogP contribution >= 0.6 is 11.8 Å². The predicted octanol–water partition coefficient (Wildman–Crippen LogP) is 3.26. The molecule has 1 unspecified atom stereocenters. The number of thioether (sulfide) groups is 1. The first-order valence-electron chi connectivity index (χ1n) is 10.9. The highest BCUT2D eigenvalue weighted by atomic mass is 32.2. The lowest BCUT2D eigenvalue weighted by Crippen LogP contribution is -2.28. The maximum absolute atomic E-state index is 12.6. The topological polar surface area (TPSA) is 114 Å². The normalized spacial score (nSPS) is 13.9. The van der Waals surface area contributed by atoms with Gasteiger partial charge in [-0.15, -0.1) is 0 Å². The first kappa shape index (κ1) is 23.0. The number of methoxy groups -OCH3 is 1. The van der Waals surface area contributed by atoms with Crippen molar-refractivity contribution in [2.24, 2.45) is 0 Å². The zero-order valence-electron chi connectivity index (χ0n) is 18.9. The standard InChI is InChI=1S/C24H26N4O4S/c1-13-10-18(23(31)32-3)20-21(25-13)27-24(28-22(20)30)33-12-19(29)26-14(2)16-9-8-15-6-4-5-7-17(15)11-16/h8-11,14H,4-7,12H2,1-3H3,(H,26,29)(H,25,27,28,30). The molecule has 0 bridgehead atoms. The number of pyridine rings is 1. The van der Waals surface area contributed by atoms with E-state index in [4.69, 9.17) is 4.74 Å². The van der Waals surface area contributed by atoms with Crippen molar-refractivity contribution in [1.29, 1.82) is 0 Å². The Hall–Kier alpha value is -3.20. The van der Waals surface area contributed by atoms with Crippen LogP contribution in [0.15, 0.2) is 34.2 Å². The van der Waals surface area contributed by atoms with Crippen molar-refractivity contribution < 1.29 is 14.3 Å². The van der Waals surface area contributed by atoms with Crippen molar-refractivity contribution in [2.75, 3.05) is 12.9 Å². The van der Waals surface area contributed by atoms with Gasteiger partial charge < -0.3 is 15.0 Å². The molecule has 1 aromatic carbocycles. The fourth-order valence-corrected chi connectivity index (χ4v) is 4.77. The molecular formula is C24H26N4O4S. The number of ether oxygens (including phenoxy) is 1. The van der Waals surface area contributed by atoms with Crippen molar-refractivity contribution in [1.82, 2.24) is 20.3 Å². The Morgan fingerprint density at radius 1 is 1.18 bits per heavy atom. The van der Waals surface area contributed by atoms with Gasteiger partial charge in [0.2, 0.25) is 5.91 Å². The second-order valence-corrected chi connectivity index (χ2v) is 9.15. The summed E-state index contributed by atoms with van der Waals surface area (Å²) in [4.78, 5) is 48.5. The Morgan fingerprint density at radius 3 is 2.70 bits per heavy atom. The minimum atomic E-state index is -0.631. The van der Waals surface area contributed by atoms with E-state index in [1.807, 2.05) is 6.92 Å². The minimum absolute atomic E-state index is 0.0716. The molecule has 2 heterocycles. The lowest BCUT2D eigenvalue weighted by Gasteiger charge is -2.20. The SMILES string of the molecule is COC(=O)c1cc(C)nc2nc(SCC(=O)NC(C)c3ccc4c(c3)CCCC4)[nH]c(=O)c12. The summed E-state index contributed by atoms with van der Waals surface area (Å²) in [7, 11) is 1.25. The van der Waals surface area contributed by atoms with Gasteiger partial charge in [0.1, 0.15) is 0 Å². The number of nitrogens with zero attached hydrogens (tertiary/aromatic N) is 2. The van der Waals surface area contributed by atoms with Crippen molar-refractivity contribution >= 4 is 34.7 Å². The Kier molecular flexibility index (Phi) is 6.78. The molecule has 3 aromatic rings. The van der Waals surface area contributed by atoms with Crippen molar-refractivity contribution in [3.8, 4) is 0 Å². The molecule has 1 aliphatic rings. The average molecular weight is 467 g/mol. The summed E-state index contributed by atoms with van der Waals surface area (Å²) in [6.45, 7) is 3.67. The van der Waals surface area contributed by atoms with E-state index in [2.05, 4.69) is 38.5 Å². The summed E-state index contributed by atoms with van der Waals surface area (Å²) in [5, 5.41) is 3.34. The molecule has 9 heteroatoms. The van der Waals surface area contributed by atoms with Gasteiger partial charge in [-0.1, -0.05) is 30.0 Å². The molecule has 8 nitrogen and oxygen atoms in total. The van der Waals surface area contributed by atoms with Crippen LogP contribution in [0.3, 0.4) is 0 Å². The predicted molar refractivity (Wildman–Crippen MR) is 127 cm³/mol. The molecule has 2 N–H and O–H groups in total. The van der Waals surface area contributed by atoms with Crippen LogP contribution in [0.5, 0.6) is 0 Å². The molecule has 1 amide bonds. The van der Waals surface area contributed by atoms with Gasteiger partial charge in [-0.2, -0.15) is 0 Å². The van der Waals surface area contributed by atoms with Crippen LogP contribution in [0.2, 0.25) is 0 Å². The lowest BCUT2D eigenvalue weighted by atomic mass is 9.89. The van der Waals surface area contributed by atoms with Crippen LogP contribution in [-0.4, -0.2) is 39.7 Å². The van der Waals surface area contributed by atoms with Crippen LogP contribution in [0.1, 0.15) is 58.5 Å². The van der Waals surface area contributed by atoms with Gasteiger partial charge in [-0.05, 0) is 62.3 Å². The molecule has 2 aromatic heterocycles. The maximum atomic E-state index is 12.6. The Labute approximate surface area is 195 Å². The van der Waals surface area contributed by atoms with Crippen LogP contribution in [0, 0.1) is 6.92 Å². The second kappa shape index (κ2) is 9.74. The molecule has 0 spiro atoms. The maximum Gasteiger partial charge on any atom is 0.338 e. The van der Waals surface area contributed by atoms with E-state index in [9.17, 15) is 14.4 Å². The Bertz CT molecular complexity index is 1290. The van der Waals surface area contributed by atoms with Crippen molar-refractivity contribution in [3.05, 3.63) is 62.6 Å². The van der Waals surface area contributed by atoms with E-state index in [1.54, 1.807) is 6.92 Å². The fourth-order valence-electron chi connectivity index (χ4n) is 4.11. The van der Waals surface area contributed by atoms with Gasteiger partial charge in [0.15, 0.2) is 10.8 Å². The molecule has 172 valence electrons. The number of carbonyl (C=O) groups is 2. The smallest absolute Gasteiger partial charge is 0.338 e. The van der Waals surface area contributed by atoms with Gasteiger partial charge >= 0.3 is 5.97 Å². The Balaban J connectivity index is 1.45. The van der Waals surface area contributed by atoms with E-state index in [1.165, 1.54) is 37.1 Å². The van der Waals surface area contributed by atoms with Crippen molar-refractivity contribution in [2.45, 2.75) is 50.7 Å².